The van der Waals surface area contributed by atoms with Crippen LogP contribution in [-0.4, -0.2) is 33.3 Å². The highest BCUT2D eigenvalue weighted by atomic mass is 16.5. The number of carbonyl (C=O) groups excluding carboxylic acids is 1. The number of hydrogen-bond donors (Lipinski definition) is 1. The van der Waals surface area contributed by atoms with Crippen LogP contribution in [0, 0.1) is 13.8 Å². The van der Waals surface area contributed by atoms with E-state index in [4.69, 9.17) is 4.74 Å². The molecule has 0 fully saturated rings. The van der Waals surface area contributed by atoms with Gasteiger partial charge in [0.25, 0.3) is 5.91 Å². The Morgan fingerprint density at radius 2 is 1.89 bits per heavy atom. The predicted molar refractivity (Wildman–Crippen MR) is 104 cm³/mol. The van der Waals surface area contributed by atoms with E-state index in [1.165, 1.54) is 0 Å². The minimum Gasteiger partial charge on any atom is -0.481 e. The van der Waals surface area contributed by atoms with Gasteiger partial charge in [-0.1, -0.05) is 24.3 Å². The lowest BCUT2D eigenvalue weighted by atomic mass is 10.1. The molecule has 1 N–H and O–H groups in total. The topological polar surface area (TPSA) is 69.0 Å². The summed E-state index contributed by atoms with van der Waals surface area (Å²) in [6.45, 7) is 6.27. The van der Waals surface area contributed by atoms with Crippen molar-refractivity contribution >= 4 is 5.91 Å². The molecule has 2 heterocycles. The minimum absolute atomic E-state index is 0.133. The van der Waals surface area contributed by atoms with E-state index >= 15 is 0 Å². The first-order valence-corrected chi connectivity index (χ1v) is 9.02. The van der Waals surface area contributed by atoms with Crippen LogP contribution in [0.1, 0.15) is 23.9 Å². The van der Waals surface area contributed by atoms with Gasteiger partial charge in [0.05, 0.1) is 5.69 Å². The summed E-state index contributed by atoms with van der Waals surface area (Å²) in [5.74, 6) is 1.34. The van der Waals surface area contributed by atoms with Gasteiger partial charge < -0.3 is 10.1 Å². The van der Waals surface area contributed by atoms with E-state index in [0.717, 1.165) is 22.8 Å². The second kappa shape index (κ2) is 8.49. The zero-order valence-corrected chi connectivity index (χ0v) is 15.8. The van der Waals surface area contributed by atoms with Crippen molar-refractivity contribution in [1.29, 1.82) is 0 Å². The summed E-state index contributed by atoms with van der Waals surface area (Å²) in [7, 11) is 0. The zero-order chi connectivity index (χ0) is 19.2. The van der Waals surface area contributed by atoms with Gasteiger partial charge in [-0.3, -0.25) is 4.79 Å². The van der Waals surface area contributed by atoms with E-state index in [2.05, 4.69) is 15.4 Å². The third-order valence-corrected chi connectivity index (χ3v) is 4.41. The third-order valence-electron chi connectivity index (χ3n) is 4.41. The second-order valence-electron chi connectivity index (χ2n) is 6.36. The largest absolute Gasteiger partial charge is 0.481 e. The normalized spacial score (nSPS) is 11.8. The zero-order valence-electron chi connectivity index (χ0n) is 15.8. The van der Waals surface area contributed by atoms with Crippen LogP contribution in [-0.2, 0) is 11.2 Å². The van der Waals surface area contributed by atoms with Crippen molar-refractivity contribution in [3.05, 3.63) is 71.7 Å². The molecule has 0 radical (unpaired) electrons. The lowest BCUT2D eigenvalue weighted by Gasteiger charge is -2.14. The van der Waals surface area contributed by atoms with E-state index in [-0.39, 0.29) is 5.91 Å². The number of aryl methyl sites for hydroxylation is 1. The molecule has 0 aliphatic heterocycles. The number of hydrogen-bond acceptors (Lipinski definition) is 4. The van der Waals surface area contributed by atoms with Gasteiger partial charge >= 0.3 is 0 Å². The summed E-state index contributed by atoms with van der Waals surface area (Å²) in [6, 6.07) is 15.1. The highest BCUT2D eigenvalue weighted by Crippen LogP contribution is 2.17. The molecule has 1 amide bonds. The summed E-state index contributed by atoms with van der Waals surface area (Å²) < 4.78 is 7.49. The quantitative estimate of drug-likeness (QED) is 0.700. The standard InChI is InChI=1S/C21H24N4O2/c1-15-19(16(2)25(24-15)20-11-7-8-13-22-20)12-14-23-21(26)17(3)27-18-9-5-4-6-10-18/h4-11,13,17H,12,14H2,1-3H3,(H,23,26). The molecule has 0 saturated heterocycles. The van der Waals surface area contributed by atoms with Crippen LogP contribution in [0.4, 0.5) is 0 Å². The van der Waals surface area contributed by atoms with Gasteiger partial charge in [-0.25, -0.2) is 9.67 Å². The van der Waals surface area contributed by atoms with Crippen LogP contribution >= 0.6 is 0 Å². The molecule has 1 aromatic carbocycles. The molecule has 0 aliphatic rings. The minimum atomic E-state index is -0.550. The molecule has 3 rings (SSSR count). The van der Waals surface area contributed by atoms with Crippen molar-refractivity contribution < 1.29 is 9.53 Å². The van der Waals surface area contributed by atoms with Crippen molar-refractivity contribution in [2.45, 2.75) is 33.3 Å². The molecule has 1 atom stereocenters. The maximum atomic E-state index is 12.3. The molecule has 0 saturated carbocycles. The first-order chi connectivity index (χ1) is 13.1. The Kier molecular flexibility index (Phi) is 5.86. The fourth-order valence-corrected chi connectivity index (χ4v) is 2.95. The van der Waals surface area contributed by atoms with Gasteiger partial charge in [-0.05, 0) is 57.0 Å². The van der Waals surface area contributed by atoms with Crippen molar-refractivity contribution in [1.82, 2.24) is 20.1 Å². The van der Waals surface area contributed by atoms with Crippen LogP contribution in [0.3, 0.4) is 0 Å². The van der Waals surface area contributed by atoms with E-state index in [1.807, 2.05) is 67.1 Å². The van der Waals surface area contributed by atoms with Gasteiger partial charge in [0, 0.05) is 18.4 Å². The van der Waals surface area contributed by atoms with Crippen molar-refractivity contribution in [3.63, 3.8) is 0 Å². The number of aromatic nitrogens is 3. The molecule has 0 aliphatic carbocycles. The number of benzene rings is 1. The molecular weight excluding hydrogens is 340 g/mol. The van der Waals surface area contributed by atoms with E-state index in [1.54, 1.807) is 13.1 Å². The maximum Gasteiger partial charge on any atom is 0.260 e. The number of pyridine rings is 1. The summed E-state index contributed by atoms with van der Waals surface area (Å²) >= 11 is 0. The SMILES string of the molecule is Cc1nn(-c2ccccn2)c(C)c1CCNC(=O)C(C)Oc1ccccc1. The Morgan fingerprint density at radius 1 is 1.15 bits per heavy atom. The number of ether oxygens (including phenoxy) is 1. The summed E-state index contributed by atoms with van der Waals surface area (Å²) in [5.41, 5.74) is 3.10. The smallest absolute Gasteiger partial charge is 0.260 e. The summed E-state index contributed by atoms with van der Waals surface area (Å²) in [6.07, 6.45) is 1.90. The van der Waals surface area contributed by atoms with Crippen LogP contribution in [0.2, 0.25) is 0 Å². The van der Waals surface area contributed by atoms with E-state index < -0.39 is 6.10 Å². The molecule has 3 aromatic rings. The number of nitrogens with zero attached hydrogens (tertiary/aromatic N) is 3. The Hall–Kier alpha value is -3.15. The molecule has 27 heavy (non-hydrogen) atoms. The lowest BCUT2D eigenvalue weighted by Crippen LogP contribution is -2.37. The molecule has 2 aromatic heterocycles. The van der Waals surface area contributed by atoms with Gasteiger partial charge in [0.2, 0.25) is 0 Å². The molecule has 6 heteroatoms. The fourth-order valence-electron chi connectivity index (χ4n) is 2.95. The van der Waals surface area contributed by atoms with Crippen LogP contribution in [0.15, 0.2) is 54.7 Å². The number of rotatable bonds is 7. The molecule has 1 unspecified atom stereocenters. The molecular formula is C21H24N4O2. The average Bonchev–Trinajstić information content (AvgIpc) is 2.97. The summed E-state index contributed by atoms with van der Waals surface area (Å²) in [5, 5.41) is 7.52. The Labute approximate surface area is 159 Å². The van der Waals surface area contributed by atoms with E-state index in [9.17, 15) is 4.79 Å². The summed E-state index contributed by atoms with van der Waals surface area (Å²) in [4.78, 5) is 16.6. The fraction of sp³-hybridized carbons (Fsp3) is 0.286. The Morgan fingerprint density at radius 3 is 2.59 bits per heavy atom. The van der Waals surface area contributed by atoms with Gasteiger partial charge in [-0.15, -0.1) is 0 Å². The second-order valence-corrected chi connectivity index (χ2v) is 6.36. The maximum absolute atomic E-state index is 12.3. The highest BCUT2D eigenvalue weighted by molar-refractivity contribution is 5.80. The number of amides is 1. The highest BCUT2D eigenvalue weighted by Gasteiger charge is 2.16. The van der Waals surface area contributed by atoms with Crippen LogP contribution in [0.5, 0.6) is 5.75 Å². The van der Waals surface area contributed by atoms with Crippen molar-refractivity contribution in [2.24, 2.45) is 0 Å². The number of nitrogens with one attached hydrogen (secondary N) is 1. The Bertz CT molecular complexity index is 891. The Balaban J connectivity index is 1.57. The monoisotopic (exact) mass is 364 g/mol. The molecule has 6 nitrogen and oxygen atoms in total. The van der Waals surface area contributed by atoms with Crippen molar-refractivity contribution in [3.8, 4) is 11.6 Å². The third kappa shape index (κ3) is 4.53. The lowest BCUT2D eigenvalue weighted by molar-refractivity contribution is -0.127. The number of para-hydroxylation sites is 1. The van der Waals surface area contributed by atoms with E-state index in [0.29, 0.717) is 18.7 Å². The predicted octanol–water partition coefficient (Wildman–Crippen LogP) is 3.01. The van der Waals surface area contributed by atoms with Crippen LogP contribution < -0.4 is 10.1 Å². The number of carbonyl (C=O) groups is 1. The van der Waals surface area contributed by atoms with Gasteiger partial charge in [0.15, 0.2) is 11.9 Å². The van der Waals surface area contributed by atoms with Gasteiger partial charge in [0.1, 0.15) is 5.75 Å². The first-order valence-electron chi connectivity index (χ1n) is 9.02. The first kappa shape index (κ1) is 18.6. The molecule has 0 bridgehead atoms. The van der Waals surface area contributed by atoms with Crippen LogP contribution in [0.25, 0.3) is 5.82 Å². The average molecular weight is 364 g/mol. The van der Waals surface area contributed by atoms with Gasteiger partial charge in [-0.2, -0.15) is 5.10 Å². The molecule has 140 valence electrons. The van der Waals surface area contributed by atoms with Crippen molar-refractivity contribution in [2.75, 3.05) is 6.54 Å². The molecule has 0 spiro atoms.